The van der Waals surface area contributed by atoms with Crippen molar-refractivity contribution in [2.45, 2.75) is 45.1 Å². The van der Waals surface area contributed by atoms with E-state index >= 15 is 0 Å². The van der Waals surface area contributed by atoms with Gasteiger partial charge in [-0.15, -0.1) is 0 Å². The van der Waals surface area contributed by atoms with Crippen molar-refractivity contribution in [3.05, 3.63) is 48.0 Å². The Morgan fingerprint density at radius 1 is 1.03 bits per heavy atom. The third-order valence-electron chi connectivity index (χ3n) is 5.94. The predicted octanol–water partition coefficient (Wildman–Crippen LogP) is 5.12. The predicted molar refractivity (Wildman–Crippen MR) is 116 cm³/mol. The van der Waals surface area contributed by atoms with Gasteiger partial charge in [-0.2, -0.15) is 0 Å². The first-order valence-electron chi connectivity index (χ1n) is 10.6. The lowest BCUT2D eigenvalue weighted by Gasteiger charge is -2.18. The summed E-state index contributed by atoms with van der Waals surface area (Å²) in [5, 5.41) is 2.97. The van der Waals surface area contributed by atoms with Gasteiger partial charge in [-0.3, -0.25) is 4.79 Å². The Morgan fingerprint density at radius 2 is 1.79 bits per heavy atom. The van der Waals surface area contributed by atoms with E-state index in [-0.39, 0.29) is 12.0 Å². The number of benzene rings is 2. The summed E-state index contributed by atoms with van der Waals surface area (Å²) >= 11 is 0. The highest BCUT2D eigenvalue weighted by atomic mass is 16.5. The van der Waals surface area contributed by atoms with Crippen LogP contribution in [0.3, 0.4) is 0 Å². The molecule has 29 heavy (non-hydrogen) atoms. The molecular formula is C24H30N2O3. The lowest BCUT2D eigenvalue weighted by Crippen LogP contribution is -2.19. The van der Waals surface area contributed by atoms with Crippen molar-refractivity contribution in [3.63, 3.8) is 0 Å². The molecule has 1 amide bonds. The third kappa shape index (κ3) is 4.66. The van der Waals surface area contributed by atoms with Gasteiger partial charge in [0, 0.05) is 30.0 Å². The van der Waals surface area contributed by atoms with E-state index in [1.165, 1.54) is 24.9 Å². The zero-order chi connectivity index (χ0) is 20.2. The fraction of sp³-hybridized carbons (Fsp3) is 0.458. The minimum absolute atomic E-state index is 0.154. The van der Waals surface area contributed by atoms with E-state index in [1.54, 1.807) is 19.2 Å². The number of hydrogen-bond donors (Lipinski definition) is 1. The molecule has 2 aromatic carbocycles. The smallest absolute Gasteiger partial charge is 0.255 e. The van der Waals surface area contributed by atoms with Crippen LogP contribution in [0, 0.1) is 5.92 Å². The van der Waals surface area contributed by atoms with E-state index < -0.39 is 0 Å². The van der Waals surface area contributed by atoms with Crippen LogP contribution in [0.25, 0.3) is 0 Å². The van der Waals surface area contributed by atoms with Gasteiger partial charge in [0.25, 0.3) is 5.91 Å². The standard InChI is InChI=1S/C24H30N2O3/c1-17-13-14-26(16-17)20-10-8-19(9-11-20)25-24(27)18-7-12-22(23(15-18)28-2)29-21-5-3-4-6-21/h7-12,15,17,21H,3-6,13-14,16H2,1-2H3,(H,25,27). The molecule has 1 heterocycles. The van der Waals surface area contributed by atoms with E-state index in [0.29, 0.717) is 17.1 Å². The van der Waals surface area contributed by atoms with Crippen molar-refractivity contribution in [1.82, 2.24) is 0 Å². The number of methoxy groups -OCH3 is 1. The Hall–Kier alpha value is -2.69. The van der Waals surface area contributed by atoms with E-state index in [4.69, 9.17) is 9.47 Å². The highest BCUT2D eigenvalue weighted by Gasteiger charge is 2.20. The normalized spacial score (nSPS) is 19.4. The average molecular weight is 395 g/mol. The van der Waals surface area contributed by atoms with Crippen molar-refractivity contribution in [1.29, 1.82) is 0 Å². The van der Waals surface area contributed by atoms with Crippen LogP contribution in [-0.4, -0.2) is 32.2 Å². The molecule has 1 unspecified atom stereocenters. The number of ether oxygens (including phenoxy) is 2. The minimum atomic E-state index is -0.154. The molecule has 5 heteroatoms. The summed E-state index contributed by atoms with van der Waals surface area (Å²) in [6.07, 6.45) is 6.07. The van der Waals surface area contributed by atoms with E-state index in [2.05, 4.69) is 29.3 Å². The second kappa shape index (κ2) is 8.76. The molecular weight excluding hydrogens is 364 g/mol. The van der Waals surface area contributed by atoms with Crippen molar-refractivity contribution < 1.29 is 14.3 Å². The summed E-state index contributed by atoms with van der Waals surface area (Å²) in [5.74, 6) is 1.89. The number of anilines is 2. The summed E-state index contributed by atoms with van der Waals surface area (Å²) in [6, 6.07) is 13.5. The Bertz CT molecular complexity index is 844. The van der Waals surface area contributed by atoms with Gasteiger partial charge in [-0.25, -0.2) is 0 Å². The van der Waals surface area contributed by atoms with Crippen LogP contribution in [0.2, 0.25) is 0 Å². The summed E-state index contributed by atoms with van der Waals surface area (Å²) < 4.78 is 11.5. The van der Waals surface area contributed by atoms with Gasteiger partial charge in [-0.1, -0.05) is 6.92 Å². The third-order valence-corrected chi connectivity index (χ3v) is 5.94. The van der Waals surface area contributed by atoms with Crippen LogP contribution < -0.4 is 19.7 Å². The summed E-state index contributed by atoms with van der Waals surface area (Å²) in [6.45, 7) is 4.48. The van der Waals surface area contributed by atoms with Crippen LogP contribution in [0.15, 0.2) is 42.5 Å². The molecule has 0 aromatic heterocycles. The maximum Gasteiger partial charge on any atom is 0.255 e. The fourth-order valence-corrected chi connectivity index (χ4v) is 4.22. The quantitative estimate of drug-likeness (QED) is 0.739. The summed E-state index contributed by atoms with van der Waals surface area (Å²) in [7, 11) is 1.61. The van der Waals surface area contributed by atoms with Gasteiger partial charge in [0.05, 0.1) is 13.2 Å². The van der Waals surface area contributed by atoms with Gasteiger partial charge >= 0.3 is 0 Å². The SMILES string of the molecule is COc1cc(C(=O)Nc2ccc(N3CCC(C)C3)cc2)ccc1OC1CCCC1. The largest absolute Gasteiger partial charge is 0.493 e. The van der Waals surface area contributed by atoms with E-state index in [9.17, 15) is 4.79 Å². The lowest BCUT2D eigenvalue weighted by molar-refractivity contribution is 0.102. The molecule has 154 valence electrons. The maximum atomic E-state index is 12.7. The van der Waals surface area contributed by atoms with Crippen LogP contribution in [-0.2, 0) is 0 Å². The van der Waals surface area contributed by atoms with Crippen molar-refractivity contribution in [2.24, 2.45) is 5.92 Å². The van der Waals surface area contributed by atoms with Gasteiger partial charge in [0.2, 0.25) is 0 Å². The Morgan fingerprint density at radius 3 is 2.45 bits per heavy atom. The Labute approximate surface area is 173 Å². The van der Waals surface area contributed by atoms with Crippen molar-refractivity contribution in [2.75, 3.05) is 30.4 Å². The first kappa shape index (κ1) is 19.6. The monoisotopic (exact) mass is 394 g/mol. The molecule has 1 aliphatic carbocycles. The molecule has 1 saturated heterocycles. The number of carbonyl (C=O) groups is 1. The number of rotatable bonds is 6. The molecule has 4 rings (SSSR count). The average Bonchev–Trinajstić information content (AvgIpc) is 3.40. The zero-order valence-electron chi connectivity index (χ0n) is 17.3. The summed E-state index contributed by atoms with van der Waals surface area (Å²) in [4.78, 5) is 15.1. The molecule has 1 aliphatic heterocycles. The molecule has 2 aliphatic rings. The first-order valence-corrected chi connectivity index (χ1v) is 10.6. The van der Waals surface area contributed by atoms with Crippen LogP contribution >= 0.6 is 0 Å². The lowest BCUT2D eigenvalue weighted by atomic mass is 10.1. The van der Waals surface area contributed by atoms with Gasteiger partial charge in [0.1, 0.15) is 0 Å². The topological polar surface area (TPSA) is 50.8 Å². The fourth-order valence-electron chi connectivity index (χ4n) is 4.22. The number of nitrogens with one attached hydrogen (secondary N) is 1. The van der Waals surface area contributed by atoms with Gasteiger partial charge < -0.3 is 19.7 Å². The molecule has 1 atom stereocenters. The molecule has 1 saturated carbocycles. The van der Waals surface area contributed by atoms with Crippen LogP contribution in [0.5, 0.6) is 11.5 Å². The van der Waals surface area contributed by atoms with Gasteiger partial charge in [-0.05, 0) is 80.5 Å². The molecule has 2 fully saturated rings. The molecule has 0 bridgehead atoms. The van der Waals surface area contributed by atoms with Crippen molar-refractivity contribution >= 4 is 17.3 Å². The Kier molecular flexibility index (Phi) is 5.93. The second-order valence-electron chi connectivity index (χ2n) is 8.23. The first-order chi connectivity index (χ1) is 14.1. The Balaban J connectivity index is 1.41. The summed E-state index contributed by atoms with van der Waals surface area (Å²) in [5.41, 5.74) is 2.55. The maximum absolute atomic E-state index is 12.7. The molecule has 0 spiro atoms. The van der Waals surface area contributed by atoms with Crippen molar-refractivity contribution in [3.8, 4) is 11.5 Å². The number of amides is 1. The van der Waals surface area contributed by atoms with Crippen LogP contribution in [0.4, 0.5) is 11.4 Å². The minimum Gasteiger partial charge on any atom is -0.493 e. The zero-order valence-corrected chi connectivity index (χ0v) is 17.3. The molecule has 2 aromatic rings. The number of nitrogens with zero attached hydrogens (tertiary/aromatic N) is 1. The number of hydrogen-bond acceptors (Lipinski definition) is 4. The van der Waals surface area contributed by atoms with Gasteiger partial charge in [0.15, 0.2) is 11.5 Å². The van der Waals surface area contributed by atoms with Crippen LogP contribution in [0.1, 0.15) is 49.4 Å². The highest BCUT2D eigenvalue weighted by molar-refractivity contribution is 6.04. The molecule has 0 radical (unpaired) electrons. The van der Waals surface area contributed by atoms with E-state index in [0.717, 1.165) is 37.5 Å². The highest BCUT2D eigenvalue weighted by Crippen LogP contribution is 2.32. The molecule has 5 nitrogen and oxygen atoms in total. The second-order valence-corrected chi connectivity index (χ2v) is 8.23. The molecule has 1 N–H and O–H groups in total. The number of carbonyl (C=O) groups excluding carboxylic acids is 1. The van der Waals surface area contributed by atoms with E-state index in [1.807, 2.05) is 18.2 Å².